The predicted molar refractivity (Wildman–Crippen MR) is 65.4 cm³/mol. The van der Waals surface area contributed by atoms with Crippen molar-refractivity contribution in [2.24, 2.45) is 0 Å². The summed E-state index contributed by atoms with van der Waals surface area (Å²) in [6.45, 7) is 1.73. The average Bonchev–Trinajstić information content (AvgIpc) is 3.05. The van der Waals surface area contributed by atoms with E-state index in [0.29, 0.717) is 6.54 Å². The highest BCUT2D eigenvalue weighted by atomic mass is 16.7. The van der Waals surface area contributed by atoms with Gasteiger partial charge in [0, 0.05) is 6.54 Å². The van der Waals surface area contributed by atoms with Crippen molar-refractivity contribution in [1.29, 1.82) is 0 Å². The van der Waals surface area contributed by atoms with Crippen LogP contribution in [0.3, 0.4) is 0 Å². The summed E-state index contributed by atoms with van der Waals surface area (Å²) in [5.41, 5.74) is 1.02. The van der Waals surface area contributed by atoms with Gasteiger partial charge in [0.05, 0.1) is 6.04 Å². The van der Waals surface area contributed by atoms with Crippen LogP contribution in [0.1, 0.15) is 18.4 Å². The van der Waals surface area contributed by atoms with Crippen molar-refractivity contribution >= 4 is 5.91 Å². The molecule has 3 rings (SSSR count). The molecule has 1 aromatic rings. The van der Waals surface area contributed by atoms with E-state index < -0.39 is 0 Å². The van der Waals surface area contributed by atoms with E-state index in [1.54, 1.807) is 0 Å². The Bertz CT molecular complexity index is 456. The summed E-state index contributed by atoms with van der Waals surface area (Å²) in [5, 5.41) is 6.11. The number of fused-ring (bicyclic) bond motifs is 1. The minimum absolute atomic E-state index is 0.0287. The first-order chi connectivity index (χ1) is 8.83. The third kappa shape index (κ3) is 2.26. The van der Waals surface area contributed by atoms with E-state index in [4.69, 9.17) is 9.47 Å². The Hall–Kier alpha value is -1.75. The number of hydrogen-bond donors (Lipinski definition) is 2. The van der Waals surface area contributed by atoms with Gasteiger partial charge in [0.15, 0.2) is 11.5 Å². The van der Waals surface area contributed by atoms with Gasteiger partial charge in [-0.3, -0.25) is 4.79 Å². The lowest BCUT2D eigenvalue weighted by atomic mass is 10.2. The van der Waals surface area contributed by atoms with E-state index in [1.165, 1.54) is 0 Å². The van der Waals surface area contributed by atoms with Crippen LogP contribution in [-0.2, 0) is 11.3 Å². The number of hydrogen-bond acceptors (Lipinski definition) is 4. The molecule has 0 spiro atoms. The number of benzene rings is 1. The zero-order valence-electron chi connectivity index (χ0n) is 10.1. The van der Waals surface area contributed by atoms with Crippen LogP contribution in [0.5, 0.6) is 11.5 Å². The van der Waals surface area contributed by atoms with Gasteiger partial charge in [0.25, 0.3) is 0 Å². The maximum atomic E-state index is 11.8. The van der Waals surface area contributed by atoms with Gasteiger partial charge >= 0.3 is 0 Å². The fourth-order valence-electron chi connectivity index (χ4n) is 2.27. The lowest BCUT2D eigenvalue weighted by Crippen LogP contribution is -2.39. The maximum absolute atomic E-state index is 11.8. The summed E-state index contributed by atoms with van der Waals surface area (Å²) >= 11 is 0. The van der Waals surface area contributed by atoms with Crippen molar-refractivity contribution in [3.05, 3.63) is 23.8 Å². The van der Waals surface area contributed by atoms with E-state index in [2.05, 4.69) is 10.6 Å². The van der Waals surface area contributed by atoms with Gasteiger partial charge in [0.2, 0.25) is 12.7 Å². The first-order valence-corrected chi connectivity index (χ1v) is 6.22. The second kappa shape index (κ2) is 4.86. The largest absolute Gasteiger partial charge is 0.454 e. The number of ether oxygens (including phenoxy) is 2. The van der Waals surface area contributed by atoms with Gasteiger partial charge in [-0.2, -0.15) is 0 Å². The first-order valence-electron chi connectivity index (χ1n) is 6.22. The normalized spacial score (nSPS) is 21.0. The van der Waals surface area contributed by atoms with Crippen molar-refractivity contribution in [3.63, 3.8) is 0 Å². The van der Waals surface area contributed by atoms with E-state index >= 15 is 0 Å². The van der Waals surface area contributed by atoms with Crippen LogP contribution in [-0.4, -0.2) is 25.3 Å². The molecule has 1 amide bonds. The third-order valence-corrected chi connectivity index (χ3v) is 3.28. The molecule has 1 atom stereocenters. The zero-order chi connectivity index (χ0) is 12.4. The second-order valence-electron chi connectivity index (χ2n) is 4.55. The fraction of sp³-hybridized carbons (Fsp3) is 0.462. The lowest BCUT2D eigenvalue weighted by molar-refractivity contribution is -0.122. The SMILES string of the molecule is O=C(NCc1ccc2c(c1)OCO2)[C@@H]1CCCN1. The number of amides is 1. The molecule has 0 aliphatic carbocycles. The molecule has 2 aliphatic rings. The van der Waals surface area contributed by atoms with Gasteiger partial charge in [0.1, 0.15) is 0 Å². The van der Waals surface area contributed by atoms with Crippen LogP contribution in [0.2, 0.25) is 0 Å². The number of carbonyl (C=O) groups is 1. The fourth-order valence-corrected chi connectivity index (χ4v) is 2.27. The van der Waals surface area contributed by atoms with Crippen LogP contribution in [0, 0.1) is 0 Å². The van der Waals surface area contributed by atoms with Gasteiger partial charge in [-0.05, 0) is 37.1 Å². The summed E-state index contributed by atoms with van der Waals surface area (Å²) in [4.78, 5) is 11.8. The van der Waals surface area contributed by atoms with Gasteiger partial charge < -0.3 is 20.1 Å². The highest BCUT2D eigenvalue weighted by molar-refractivity contribution is 5.82. The minimum Gasteiger partial charge on any atom is -0.454 e. The lowest BCUT2D eigenvalue weighted by Gasteiger charge is -2.11. The van der Waals surface area contributed by atoms with Crippen LogP contribution < -0.4 is 20.1 Å². The molecule has 0 aromatic heterocycles. The summed E-state index contributed by atoms with van der Waals surface area (Å²) in [6.07, 6.45) is 2.00. The standard InChI is InChI=1S/C13H16N2O3/c16-13(10-2-1-5-14-10)15-7-9-3-4-11-12(6-9)18-8-17-11/h3-4,6,10,14H,1-2,5,7-8H2,(H,15,16)/t10-/m0/s1. The molecule has 0 radical (unpaired) electrons. The average molecular weight is 248 g/mol. The van der Waals surface area contributed by atoms with E-state index in [1.807, 2.05) is 18.2 Å². The highest BCUT2D eigenvalue weighted by Crippen LogP contribution is 2.32. The molecule has 5 heteroatoms. The Morgan fingerprint density at radius 3 is 3.11 bits per heavy atom. The van der Waals surface area contributed by atoms with Crippen LogP contribution in [0.25, 0.3) is 0 Å². The molecule has 1 fully saturated rings. The Morgan fingerprint density at radius 2 is 2.28 bits per heavy atom. The zero-order valence-corrected chi connectivity index (χ0v) is 10.1. The number of rotatable bonds is 3. The quantitative estimate of drug-likeness (QED) is 0.830. The number of carbonyl (C=O) groups excluding carboxylic acids is 1. The van der Waals surface area contributed by atoms with Crippen molar-refractivity contribution in [2.75, 3.05) is 13.3 Å². The van der Waals surface area contributed by atoms with E-state index in [0.717, 1.165) is 36.4 Å². The third-order valence-electron chi connectivity index (χ3n) is 3.28. The van der Waals surface area contributed by atoms with Crippen molar-refractivity contribution < 1.29 is 14.3 Å². The first kappa shape index (κ1) is 11.3. The van der Waals surface area contributed by atoms with Gasteiger partial charge in [-0.1, -0.05) is 6.07 Å². The van der Waals surface area contributed by atoms with E-state index in [9.17, 15) is 4.79 Å². The Balaban J connectivity index is 1.58. The molecular formula is C13H16N2O3. The molecule has 1 saturated heterocycles. The summed E-state index contributed by atoms with van der Waals surface area (Å²) < 4.78 is 10.5. The summed E-state index contributed by atoms with van der Waals surface area (Å²) in [7, 11) is 0. The van der Waals surface area contributed by atoms with Gasteiger partial charge in [-0.15, -0.1) is 0 Å². The summed E-state index contributed by atoms with van der Waals surface area (Å²) in [6, 6.07) is 5.69. The molecule has 5 nitrogen and oxygen atoms in total. The Morgan fingerprint density at radius 1 is 1.39 bits per heavy atom. The van der Waals surface area contributed by atoms with Crippen LogP contribution in [0.4, 0.5) is 0 Å². The topological polar surface area (TPSA) is 59.6 Å². The molecular weight excluding hydrogens is 232 g/mol. The molecule has 2 N–H and O–H groups in total. The second-order valence-corrected chi connectivity index (χ2v) is 4.55. The molecule has 1 aromatic carbocycles. The molecule has 18 heavy (non-hydrogen) atoms. The Labute approximate surface area is 105 Å². The highest BCUT2D eigenvalue weighted by Gasteiger charge is 2.21. The monoisotopic (exact) mass is 248 g/mol. The Kier molecular flexibility index (Phi) is 3.06. The van der Waals surface area contributed by atoms with Crippen molar-refractivity contribution in [1.82, 2.24) is 10.6 Å². The molecule has 0 bridgehead atoms. The van der Waals surface area contributed by atoms with Gasteiger partial charge in [-0.25, -0.2) is 0 Å². The number of nitrogens with one attached hydrogen (secondary N) is 2. The summed E-state index contributed by atoms with van der Waals surface area (Å²) in [5.74, 6) is 1.59. The molecule has 96 valence electrons. The molecule has 0 unspecified atom stereocenters. The maximum Gasteiger partial charge on any atom is 0.237 e. The molecule has 0 saturated carbocycles. The molecule has 2 aliphatic heterocycles. The van der Waals surface area contributed by atoms with E-state index in [-0.39, 0.29) is 18.7 Å². The van der Waals surface area contributed by atoms with Crippen molar-refractivity contribution in [3.8, 4) is 11.5 Å². The predicted octanol–water partition coefficient (Wildman–Crippen LogP) is 0.783. The smallest absolute Gasteiger partial charge is 0.237 e. The molecule has 2 heterocycles. The van der Waals surface area contributed by atoms with Crippen LogP contribution in [0.15, 0.2) is 18.2 Å². The van der Waals surface area contributed by atoms with Crippen LogP contribution >= 0.6 is 0 Å². The van der Waals surface area contributed by atoms with Crippen molar-refractivity contribution in [2.45, 2.75) is 25.4 Å². The minimum atomic E-state index is -0.0287.